The highest BCUT2D eigenvalue weighted by Crippen LogP contribution is 2.30. The Morgan fingerprint density at radius 3 is 2.48 bits per heavy atom. The summed E-state index contributed by atoms with van der Waals surface area (Å²) in [6, 6.07) is 19.4. The van der Waals surface area contributed by atoms with Crippen molar-refractivity contribution < 1.29 is 4.79 Å². The van der Waals surface area contributed by atoms with Crippen LogP contribution in [0.5, 0.6) is 0 Å². The van der Waals surface area contributed by atoms with E-state index in [0.717, 1.165) is 16.7 Å². The molecule has 0 bridgehead atoms. The van der Waals surface area contributed by atoms with Crippen molar-refractivity contribution in [3.05, 3.63) is 88.3 Å². The number of nitrogens with one attached hydrogen (secondary N) is 1. The van der Waals surface area contributed by atoms with Crippen LogP contribution in [0.1, 0.15) is 5.56 Å². The first-order valence-corrected chi connectivity index (χ1v) is 9.43. The molecule has 2 aromatic carbocycles. The van der Waals surface area contributed by atoms with Crippen molar-refractivity contribution in [3.8, 4) is 11.1 Å². The zero-order chi connectivity index (χ0) is 18.6. The van der Waals surface area contributed by atoms with Gasteiger partial charge in [-0.15, -0.1) is 11.3 Å². The molecule has 0 aliphatic rings. The van der Waals surface area contributed by atoms with Crippen LogP contribution in [0.15, 0.2) is 77.2 Å². The molecule has 134 valence electrons. The monoisotopic (exact) mass is 375 g/mol. The molecule has 0 atom stereocenters. The third kappa shape index (κ3) is 3.66. The van der Waals surface area contributed by atoms with Gasteiger partial charge in [-0.1, -0.05) is 60.7 Å². The number of rotatable bonds is 5. The van der Waals surface area contributed by atoms with E-state index in [0.29, 0.717) is 16.8 Å². The highest BCUT2D eigenvalue weighted by atomic mass is 32.1. The molecule has 5 nitrogen and oxygen atoms in total. The highest BCUT2D eigenvalue weighted by molar-refractivity contribution is 7.17. The molecule has 0 spiro atoms. The van der Waals surface area contributed by atoms with Crippen molar-refractivity contribution >= 4 is 27.5 Å². The van der Waals surface area contributed by atoms with Gasteiger partial charge in [0, 0.05) is 17.5 Å². The average molecular weight is 375 g/mol. The van der Waals surface area contributed by atoms with Gasteiger partial charge in [-0.3, -0.25) is 14.2 Å². The Morgan fingerprint density at radius 1 is 1.04 bits per heavy atom. The number of carbonyl (C=O) groups is 1. The van der Waals surface area contributed by atoms with Crippen LogP contribution in [0.4, 0.5) is 0 Å². The van der Waals surface area contributed by atoms with Gasteiger partial charge >= 0.3 is 0 Å². The summed E-state index contributed by atoms with van der Waals surface area (Å²) in [5.41, 5.74) is 2.63. The van der Waals surface area contributed by atoms with Crippen LogP contribution in [-0.2, 0) is 17.9 Å². The van der Waals surface area contributed by atoms with E-state index in [-0.39, 0.29) is 18.0 Å². The number of nitrogens with zero attached hydrogens (tertiary/aromatic N) is 2. The molecule has 6 heteroatoms. The molecule has 0 fully saturated rings. The van der Waals surface area contributed by atoms with Gasteiger partial charge < -0.3 is 5.32 Å². The molecule has 0 saturated heterocycles. The maximum absolute atomic E-state index is 12.9. The van der Waals surface area contributed by atoms with Gasteiger partial charge in [0.15, 0.2) is 0 Å². The number of benzene rings is 2. The molecule has 0 unspecified atom stereocenters. The van der Waals surface area contributed by atoms with Crippen molar-refractivity contribution in [2.75, 3.05) is 0 Å². The second-order valence-corrected chi connectivity index (χ2v) is 6.99. The standard InChI is InChI=1S/C21H17N3O2S/c25-18(22-11-15-7-3-1-4-8-15)12-24-14-23-20-19(21(24)26)17(13-27-20)16-9-5-2-6-10-16/h1-10,13-14H,11-12H2,(H,22,25). The first-order valence-electron chi connectivity index (χ1n) is 8.55. The zero-order valence-corrected chi connectivity index (χ0v) is 15.3. The Bertz CT molecular complexity index is 1130. The van der Waals surface area contributed by atoms with Crippen LogP contribution in [0.25, 0.3) is 21.3 Å². The van der Waals surface area contributed by atoms with Gasteiger partial charge in [0.25, 0.3) is 5.56 Å². The van der Waals surface area contributed by atoms with E-state index in [1.165, 1.54) is 22.2 Å². The number of aromatic nitrogens is 2. The second-order valence-electron chi connectivity index (χ2n) is 6.14. The Kier molecular flexibility index (Phi) is 4.80. The number of hydrogen-bond acceptors (Lipinski definition) is 4. The minimum absolute atomic E-state index is 0.0569. The molecular formula is C21H17N3O2S. The maximum atomic E-state index is 12.9. The quantitative estimate of drug-likeness (QED) is 0.581. The van der Waals surface area contributed by atoms with Crippen molar-refractivity contribution in [1.82, 2.24) is 14.9 Å². The van der Waals surface area contributed by atoms with Crippen molar-refractivity contribution in [3.63, 3.8) is 0 Å². The van der Waals surface area contributed by atoms with E-state index in [2.05, 4.69) is 10.3 Å². The summed E-state index contributed by atoms with van der Waals surface area (Å²) in [6.07, 6.45) is 1.44. The predicted octanol–water partition coefficient (Wildman–Crippen LogP) is 3.44. The fourth-order valence-electron chi connectivity index (χ4n) is 2.92. The summed E-state index contributed by atoms with van der Waals surface area (Å²) in [5.74, 6) is -0.224. The number of fused-ring (bicyclic) bond motifs is 1. The molecule has 0 saturated carbocycles. The number of carbonyl (C=O) groups excluding carboxylic acids is 1. The molecule has 2 aromatic heterocycles. The summed E-state index contributed by atoms with van der Waals surface area (Å²) >= 11 is 1.43. The third-order valence-electron chi connectivity index (χ3n) is 4.29. The predicted molar refractivity (Wildman–Crippen MR) is 108 cm³/mol. The second kappa shape index (κ2) is 7.55. The molecule has 27 heavy (non-hydrogen) atoms. The van der Waals surface area contributed by atoms with E-state index >= 15 is 0 Å². The van der Waals surface area contributed by atoms with Crippen molar-refractivity contribution in [2.45, 2.75) is 13.1 Å². The van der Waals surface area contributed by atoms with Gasteiger partial charge in [0.2, 0.25) is 5.91 Å². The lowest BCUT2D eigenvalue weighted by molar-refractivity contribution is -0.121. The summed E-state index contributed by atoms with van der Waals surface area (Å²) < 4.78 is 1.36. The van der Waals surface area contributed by atoms with Gasteiger partial charge in [0.05, 0.1) is 11.7 Å². The fraction of sp³-hybridized carbons (Fsp3) is 0.0952. The molecule has 0 radical (unpaired) electrons. The summed E-state index contributed by atoms with van der Waals surface area (Å²) in [5, 5.41) is 5.34. The van der Waals surface area contributed by atoms with E-state index in [9.17, 15) is 9.59 Å². The highest BCUT2D eigenvalue weighted by Gasteiger charge is 2.14. The van der Waals surface area contributed by atoms with Gasteiger partial charge in [-0.05, 0) is 11.1 Å². The lowest BCUT2D eigenvalue weighted by Gasteiger charge is -2.08. The lowest BCUT2D eigenvalue weighted by Crippen LogP contribution is -2.32. The Balaban J connectivity index is 1.58. The Labute approximate surface area is 159 Å². The minimum atomic E-state index is -0.224. The maximum Gasteiger partial charge on any atom is 0.263 e. The Morgan fingerprint density at radius 2 is 1.74 bits per heavy atom. The first-order chi connectivity index (χ1) is 13.2. The van der Waals surface area contributed by atoms with Gasteiger partial charge in [-0.2, -0.15) is 0 Å². The lowest BCUT2D eigenvalue weighted by atomic mass is 10.1. The molecule has 0 aliphatic heterocycles. The first kappa shape index (κ1) is 17.2. The molecule has 4 aromatic rings. The molecule has 4 rings (SSSR count). The average Bonchev–Trinajstić information content (AvgIpc) is 3.15. The molecular weight excluding hydrogens is 358 g/mol. The van der Waals surface area contributed by atoms with Crippen LogP contribution < -0.4 is 10.9 Å². The van der Waals surface area contributed by atoms with Gasteiger partial charge in [-0.25, -0.2) is 4.98 Å². The Hall–Kier alpha value is -3.25. The van der Waals surface area contributed by atoms with E-state index in [1.54, 1.807) is 0 Å². The van der Waals surface area contributed by atoms with E-state index in [1.807, 2.05) is 66.0 Å². The van der Waals surface area contributed by atoms with Crippen LogP contribution >= 0.6 is 11.3 Å². The molecule has 2 heterocycles. The number of hydrogen-bond donors (Lipinski definition) is 1. The SMILES string of the molecule is O=C(Cn1cnc2scc(-c3ccccc3)c2c1=O)NCc1ccccc1. The zero-order valence-electron chi connectivity index (χ0n) is 14.5. The smallest absolute Gasteiger partial charge is 0.263 e. The van der Waals surface area contributed by atoms with Crippen molar-refractivity contribution in [2.24, 2.45) is 0 Å². The van der Waals surface area contributed by atoms with E-state index in [4.69, 9.17) is 0 Å². The normalized spacial score (nSPS) is 10.8. The van der Waals surface area contributed by atoms with Crippen molar-refractivity contribution in [1.29, 1.82) is 0 Å². The molecule has 0 aliphatic carbocycles. The summed E-state index contributed by atoms with van der Waals surface area (Å²) in [6.45, 7) is 0.372. The molecule has 1 amide bonds. The topological polar surface area (TPSA) is 64.0 Å². The van der Waals surface area contributed by atoms with Crippen LogP contribution in [0.2, 0.25) is 0 Å². The van der Waals surface area contributed by atoms with Crippen LogP contribution in [-0.4, -0.2) is 15.5 Å². The van der Waals surface area contributed by atoms with E-state index < -0.39 is 0 Å². The third-order valence-corrected chi connectivity index (χ3v) is 5.18. The molecule has 1 N–H and O–H groups in total. The minimum Gasteiger partial charge on any atom is -0.350 e. The number of amides is 1. The van der Waals surface area contributed by atoms with Crippen LogP contribution in [0.3, 0.4) is 0 Å². The number of thiophene rings is 1. The van der Waals surface area contributed by atoms with Gasteiger partial charge in [0.1, 0.15) is 11.4 Å². The largest absolute Gasteiger partial charge is 0.350 e. The summed E-state index contributed by atoms with van der Waals surface area (Å²) in [7, 11) is 0. The fourth-order valence-corrected chi connectivity index (χ4v) is 3.82. The van der Waals surface area contributed by atoms with Crippen LogP contribution in [0, 0.1) is 0 Å². The summed E-state index contributed by atoms with van der Waals surface area (Å²) in [4.78, 5) is 30.3.